The molecule has 0 aliphatic rings. The maximum Gasteiger partial charge on any atom is 0.408 e. The highest BCUT2D eigenvalue weighted by Gasteiger charge is 2.21. The highest BCUT2D eigenvalue weighted by Crippen LogP contribution is 2.28. The second kappa shape index (κ2) is 7.46. The predicted molar refractivity (Wildman–Crippen MR) is 108 cm³/mol. The van der Waals surface area contributed by atoms with E-state index in [0.717, 1.165) is 5.56 Å². The molecule has 0 saturated heterocycles. The Hall–Kier alpha value is -3.15. The van der Waals surface area contributed by atoms with Crippen molar-refractivity contribution in [2.45, 2.75) is 46.3 Å². The van der Waals surface area contributed by atoms with Crippen molar-refractivity contribution in [1.82, 2.24) is 10.3 Å². The van der Waals surface area contributed by atoms with Crippen molar-refractivity contribution in [2.75, 3.05) is 0 Å². The molecule has 0 spiro atoms. The number of nitrogens with one attached hydrogen (secondary N) is 1. The second-order valence-corrected chi connectivity index (χ2v) is 7.79. The Labute approximate surface area is 163 Å². The molecule has 6 nitrogen and oxygen atoms in total. The Balaban J connectivity index is 2.07. The standard InChI is InChI=1S/C22H24N2O4/c1-13-10-15(14(2)24-21(26)28-22(3,4)5)20-16(11-13)18(25)12-19(27-20)17-8-6-7-9-23-17/h6-12,14H,1-5H3,(H,24,26)/t14-/m1/s1. The van der Waals surface area contributed by atoms with Gasteiger partial charge in [-0.25, -0.2) is 4.79 Å². The van der Waals surface area contributed by atoms with E-state index in [1.54, 1.807) is 45.2 Å². The lowest BCUT2D eigenvalue weighted by molar-refractivity contribution is 0.0508. The van der Waals surface area contributed by atoms with Gasteiger partial charge in [0.05, 0.1) is 11.4 Å². The number of alkyl carbamates (subject to hydrolysis) is 1. The molecule has 0 bridgehead atoms. The van der Waals surface area contributed by atoms with Gasteiger partial charge in [0, 0.05) is 17.8 Å². The zero-order valence-corrected chi connectivity index (χ0v) is 16.7. The molecule has 28 heavy (non-hydrogen) atoms. The minimum absolute atomic E-state index is 0.156. The molecule has 0 saturated carbocycles. The molecular formula is C22H24N2O4. The number of carbonyl (C=O) groups is 1. The first-order valence-electron chi connectivity index (χ1n) is 9.13. The van der Waals surface area contributed by atoms with Crippen LogP contribution in [0.5, 0.6) is 0 Å². The molecule has 146 valence electrons. The summed E-state index contributed by atoms with van der Waals surface area (Å²) in [6, 6.07) is 10.1. The summed E-state index contributed by atoms with van der Waals surface area (Å²) < 4.78 is 11.4. The molecule has 2 aromatic heterocycles. The third kappa shape index (κ3) is 4.39. The molecule has 3 aromatic rings. The van der Waals surface area contributed by atoms with Crippen LogP contribution >= 0.6 is 0 Å². The van der Waals surface area contributed by atoms with Crippen LogP contribution in [0.25, 0.3) is 22.4 Å². The Kier molecular flexibility index (Phi) is 5.23. The number of carbonyl (C=O) groups excluding carboxylic acids is 1. The molecule has 6 heteroatoms. The number of amides is 1. The lowest BCUT2D eigenvalue weighted by Gasteiger charge is -2.22. The van der Waals surface area contributed by atoms with Crippen LogP contribution in [-0.4, -0.2) is 16.7 Å². The summed E-state index contributed by atoms with van der Waals surface area (Å²) in [5, 5.41) is 3.28. The molecule has 2 heterocycles. The van der Waals surface area contributed by atoms with Crippen molar-refractivity contribution in [2.24, 2.45) is 0 Å². The Bertz CT molecular complexity index is 1070. The van der Waals surface area contributed by atoms with Crippen LogP contribution in [-0.2, 0) is 4.74 Å². The second-order valence-electron chi connectivity index (χ2n) is 7.79. The van der Waals surface area contributed by atoms with Crippen LogP contribution in [0.1, 0.15) is 44.9 Å². The normalized spacial score (nSPS) is 12.6. The number of benzene rings is 1. The maximum atomic E-state index is 12.7. The highest BCUT2D eigenvalue weighted by atomic mass is 16.6. The fraction of sp³-hybridized carbons (Fsp3) is 0.318. The van der Waals surface area contributed by atoms with Crippen LogP contribution in [0.15, 0.2) is 51.8 Å². The van der Waals surface area contributed by atoms with Gasteiger partial charge in [-0.1, -0.05) is 12.1 Å². The highest BCUT2D eigenvalue weighted by molar-refractivity contribution is 5.83. The zero-order valence-electron chi connectivity index (χ0n) is 16.7. The quantitative estimate of drug-likeness (QED) is 0.709. The molecule has 0 aliphatic heterocycles. The number of hydrogen-bond donors (Lipinski definition) is 1. The van der Waals surface area contributed by atoms with Crippen LogP contribution in [0.3, 0.4) is 0 Å². The lowest BCUT2D eigenvalue weighted by atomic mass is 10.0. The molecule has 3 rings (SSSR count). The van der Waals surface area contributed by atoms with Gasteiger partial charge in [0.2, 0.25) is 0 Å². The smallest absolute Gasteiger partial charge is 0.408 e. The van der Waals surface area contributed by atoms with Gasteiger partial charge in [0.25, 0.3) is 0 Å². The molecule has 0 unspecified atom stereocenters. The van der Waals surface area contributed by atoms with Gasteiger partial charge in [0.1, 0.15) is 16.9 Å². The first-order valence-corrected chi connectivity index (χ1v) is 9.13. The molecule has 0 fully saturated rings. The van der Waals surface area contributed by atoms with Crippen molar-refractivity contribution in [3.8, 4) is 11.5 Å². The van der Waals surface area contributed by atoms with Crippen LogP contribution in [0.2, 0.25) is 0 Å². The van der Waals surface area contributed by atoms with Crippen molar-refractivity contribution >= 4 is 17.1 Å². The van der Waals surface area contributed by atoms with E-state index in [4.69, 9.17) is 9.15 Å². The van der Waals surface area contributed by atoms with E-state index >= 15 is 0 Å². The summed E-state index contributed by atoms with van der Waals surface area (Å²) in [5.41, 5.74) is 1.85. The monoisotopic (exact) mass is 380 g/mol. The molecule has 1 aromatic carbocycles. The minimum atomic E-state index is -0.600. The van der Waals surface area contributed by atoms with E-state index in [2.05, 4.69) is 10.3 Å². The summed E-state index contributed by atoms with van der Waals surface area (Å²) in [4.78, 5) is 29.1. The van der Waals surface area contributed by atoms with E-state index in [0.29, 0.717) is 28.0 Å². The molecule has 0 radical (unpaired) electrons. The molecular weight excluding hydrogens is 356 g/mol. The summed E-state index contributed by atoms with van der Waals surface area (Å²) in [5.74, 6) is 0.382. The van der Waals surface area contributed by atoms with Gasteiger partial charge in [-0.05, 0) is 58.4 Å². The van der Waals surface area contributed by atoms with E-state index in [9.17, 15) is 9.59 Å². The largest absolute Gasteiger partial charge is 0.454 e. The number of aryl methyl sites for hydroxylation is 1. The molecule has 1 amide bonds. The summed E-state index contributed by atoms with van der Waals surface area (Å²) in [7, 11) is 0. The van der Waals surface area contributed by atoms with Gasteiger partial charge < -0.3 is 14.5 Å². The van der Waals surface area contributed by atoms with E-state index in [1.807, 2.05) is 26.0 Å². The molecule has 0 aliphatic carbocycles. The van der Waals surface area contributed by atoms with Crippen molar-refractivity contribution in [3.63, 3.8) is 0 Å². The molecule has 1 atom stereocenters. The maximum absolute atomic E-state index is 12.7. The number of fused-ring (bicyclic) bond motifs is 1. The number of ether oxygens (including phenoxy) is 1. The molecule has 1 N–H and O–H groups in total. The number of hydrogen-bond acceptors (Lipinski definition) is 5. The van der Waals surface area contributed by atoms with E-state index in [-0.39, 0.29) is 5.43 Å². The fourth-order valence-electron chi connectivity index (χ4n) is 2.95. The Morgan fingerprint density at radius 3 is 2.61 bits per heavy atom. The first kappa shape index (κ1) is 19.6. The third-order valence-corrected chi connectivity index (χ3v) is 4.12. The topological polar surface area (TPSA) is 81.4 Å². The summed E-state index contributed by atoms with van der Waals surface area (Å²) in [6.07, 6.45) is 1.11. The predicted octanol–water partition coefficient (Wildman–Crippen LogP) is 4.75. The van der Waals surface area contributed by atoms with Crippen LogP contribution < -0.4 is 10.7 Å². The average molecular weight is 380 g/mol. The minimum Gasteiger partial charge on any atom is -0.454 e. The summed E-state index contributed by atoms with van der Waals surface area (Å²) >= 11 is 0. The third-order valence-electron chi connectivity index (χ3n) is 4.12. The van der Waals surface area contributed by atoms with E-state index in [1.165, 1.54) is 6.07 Å². The van der Waals surface area contributed by atoms with Gasteiger partial charge >= 0.3 is 6.09 Å². The van der Waals surface area contributed by atoms with Crippen molar-refractivity contribution in [3.05, 3.63) is 63.9 Å². The van der Waals surface area contributed by atoms with E-state index < -0.39 is 17.7 Å². The number of pyridine rings is 1. The number of aromatic nitrogens is 1. The zero-order chi connectivity index (χ0) is 20.5. The Morgan fingerprint density at radius 1 is 1.21 bits per heavy atom. The average Bonchev–Trinajstić information content (AvgIpc) is 2.60. The fourth-order valence-corrected chi connectivity index (χ4v) is 2.95. The van der Waals surface area contributed by atoms with Crippen molar-refractivity contribution < 1.29 is 13.9 Å². The Morgan fingerprint density at radius 2 is 1.96 bits per heavy atom. The SMILES string of the molecule is Cc1cc([C@@H](C)NC(=O)OC(C)(C)C)c2oc(-c3ccccn3)cc(=O)c2c1. The summed E-state index contributed by atoms with van der Waals surface area (Å²) in [6.45, 7) is 9.13. The van der Waals surface area contributed by atoms with Gasteiger partial charge in [-0.3, -0.25) is 9.78 Å². The van der Waals surface area contributed by atoms with Crippen LogP contribution in [0.4, 0.5) is 4.79 Å². The van der Waals surface area contributed by atoms with Gasteiger partial charge in [0.15, 0.2) is 11.2 Å². The number of rotatable bonds is 3. The van der Waals surface area contributed by atoms with Gasteiger partial charge in [-0.2, -0.15) is 0 Å². The van der Waals surface area contributed by atoms with Crippen LogP contribution in [0, 0.1) is 6.92 Å². The first-order chi connectivity index (χ1) is 13.1. The number of nitrogens with zero attached hydrogens (tertiary/aromatic N) is 1. The van der Waals surface area contributed by atoms with Gasteiger partial charge in [-0.15, -0.1) is 0 Å². The van der Waals surface area contributed by atoms with Crippen molar-refractivity contribution in [1.29, 1.82) is 0 Å². The lowest BCUT2D eigenvalue weighted by Crippen LogP contribution is -2.34.